The van der Waals surface area contributed by atoms with Crippen molar-refractivity contribution in [3.63, 3.8) is 0 Å². The maximum atomic E-state index is 5.46. The van der Waals surface area contributed by atoms with Gasteiger partial charge in [-0.1, -0.05) is 44.6 Å². The predicted octanol–water partition coefficient (Wildman–Crippen LogP) is 4.12. The smallest absolute Gasteiger partial charge is 0.0642 e. The van der Waals surface area contributed by atoms with Crippen molar-refractivity contribution < 1.29 is 4.74 Å². The summed E-state index contributed by atoms with van der Waals surface area (Å²) in [4.78, 5) is 2.56. The Bertz CT molecular complexity index is 243. The SMILES string of the molecule is C1=C(N2CCOCC2)CCCCCCCCCC1. The van der Waals surface area contributed by atoms with Gasteiger partial charge in [-0.3, -0.25) is 0 Å². The van der Waals surface area contributed by atoms with E-state index in [1.165, 1.54) is 64.2 Å². The molecule has 2 heteroatoms. The van der Waals surface area contributed by atoms with Gasteiger partial charge in [-0.05, 0) is 25.7 Å². The number of rotatable bonds is 1. The van der Waals surface area contributed by atoms with Crippen molar-refractivity contribution in [2.45, 2.75) is 64.2 Å². The zero-order valence-corrected chi connectivity index (χ0v) is 11.8. The van der Waals surface area contributed by atoms with Crippen LogP contribution in [0.2, 0.25) is 0 Å². The van der Waals surface area contributed by atoms with E-state index in [2.05, 4.69) is 11.0 Å². The molecule has 1 saturated heterocycles. The van der Waals surface area contributed by atoms with Gasteiger partial charge >= 0.3 is 0 Å². The molecule has 0 aromatic heterocycles. The second-order valence-corrected chi connectivity index (χ2v) is 5.66. The highest BCUT2D eigenvalue weighted by Gasteiger charge is 2.13. The molecule has 1 aliphatic heterocycles. The molecular formula is C16H29NO. The van der Waals surface area contributed by atoms with Gasteiger partial charge in [0.25, 0.3) is 0 Å². The third-order valence-electron chi connectivity index (χ3n) is 4.18. The minimum Gasteiger partial charge on any atom is -0.378 e. The summed E-state index contributed by atoms with van der Waals surface area (Å²) >= 11 is 0. The number of hydrogen-bond donors (Lipinski definition) is 0. The van der Waals surface area contributed by atoms with Crippen LogP contribution in [0.4, 0.5) is 0 Å². The summed E-state index contributed by atoms with van der Waals surface area (Å²) < 4.78 is 5.46. The molecule has 0 spiro atoms. The molecular weight excluding hydrogens is 222 g/mol. The van der Waals surface area contributed by atoms with Gasteiger partial charge in [0, 0.05) is 18.8 Å². The number of hydrogen-bond acceptors (Lipinski definition) is 2. The van der Waals surface area contributed by atoms with Crippen LogP contribution < -0.4 is 0 Å². The maximum Gasteiger partial charge on any atom is 0.0642 e. The fourth-order valence-electron chi connectivity index (χ4n) is 3.02. The minimum absolute atomic E-state index is 0.914. The Morgan fingerprint density at radius 2 is 1.39 bits per heavy atom. The van der Waals surface area contributed by atoms with E-state index < -0.39 is 0 Å². The van der Waals surface area contributed by atoms with Gasteiger partial charge in [0.15, 0.2) is 0 Å². The van der Waals surface area contributed by atoms with E-state index in [1.54, 1.807) is 5.70 Å². The van der Waals surface area contributed by atoms with Crippen molar-refractivity contribution in [1.29, 1.82) is 0 Å². The van der Waals surface area contributed by atoms with E-state index in [0.717, 1.165) is 26.3 Å². The predicted molar refractivity (Wildman–Crippen MR) is 76.6 cm³/mol. The van der Waals surface area contributed by atoms with Crippen molar-refractivity contribution in [2.75, 3.05) is 26.3 Å². The Balaban J connectivity index is 1.85. The van der Waals surface area contributed by atoms with Gasteiger partial charge in [0.1, 0.15) is 0 Å². The van der Waals surface area contributed by atoms with Crippen molar-refractivity contribution in [1.82, 2.24) is 4.90 Å². The molecule has 2 nitrogen and oxygen atoms in total. The minimum atomic E-state index is 0.914. The van der Waals surface area contributed by atoms with Gasteiger partial charge < -0.3 is 9.64 Å². The van der Waals surface area contributed by atoms with E-state index in [1.807, 2.05) is 0 Å². The quantitative estimate of drug-likeness (QED) is 0.695. The molecule has 0 radical (unpaired) electrons. The summed E-state index contributed by atoms with van der Waals surface area (Å²) in [6, 6.07) is 0. The lowest BCUT2D eigenvalue weighted by Crippen LogP contribution is -2.35. The van der Waals surface area contributed by atoms with Crippen LogP contribution >= 0.6 is 0 Å². The highest BCUT2D eigenvalue weighted by Crippen LogP contribution is 2.20. The molecule has 0 saturated carbocycles. The highest BCUT2D eigenvalue weighted by atomic mass is 16.5. The zero-order valence-electron chi connectivity index (χ0n) is 11.8. The second kappa shape index (κ2) is 8.58. The molecule has 104 valence electrons. The van der Waals surface area contributed by atoms with Crippen LogP contribution in [-0.2, 0) is 4.74 Å². The van der Waals surface area contributed by atoms with Crippen LogP contribution in [0, 0.1) is 0 Å². The van der Waals surface area contributed by atoms with Crippen LogP contribution in [0.3, 0.4) is 0 Å². The second-order valence-electron chi connectivity index (χ2n) is 5.66. The number of ether oxygens (including phenoxy) is 1. The van der Waals surface area contributed by atoms with Crippen molar-refractivity contribution in [3.8, 4) is 0 Å². The Morgan fingerprint density at radius 3 is 2.11 bits per heavy atom. The number of morpholine rings is 1. The normalized spacial score (nSPS) is 24.9. The van der Waals surface area contributed by atoms with Gasteiger partial charge in [0.2, 0.25) is 0 Å². The summed E-state index contributed by atoms with van der Waals surface area (Å²) in [5.74, 6) is 0. The standard InChI is InChI=1S/C16H29NO/c1-2-4-6-8-10-16(11-9-7-5-3-1)17-12-14-18-15-13-17/h10H,1-9,11-15H2. The summed E-state index contributed by atoms with van der Waals surface area (Å²) in [5, 5.41) is 0. The number of nitrogens with zero attached hydrogens (tertiary/aromatic N) is 1. The van der Waals surface area contributed by atoms with Crippen LogP contribution in [0.5, 0.6) is 0 Å². The molecule has 18 heavy (non-hydrogen) atoms. The zero-order chi connectivity index (χ0) is 12.5. The maximum absolute atomic E-state index is 5.46. The Morgan fingerprint density at radius 1 is 0.778 bits per heavy atom. The lowest BCUT2D eigenvalue weighted by atomic mass is 10.0. The first kappa shape index (κ1) is 13.9. The van der Waals surface area contributed by atoms with E-state index >= 15 is 0 Å². The van der Waals surface area contributed by atoms with Crippen LogP contribution in [-0.4, -0.2) is 31.2 Å². The average molecular weight is 251 g/mol. The topological polar surface area (TPSA) is 12.5 Å². The lowest BCUT2D eigenvalue weighted by molar-refractivity contribution is 0.0517. The molecule has 0 aromatic rings. The van der Waals surface area contributed by atoms with Gasteiger partial charge in [-0.25, -0.2) is 0 Å². The molecule has 2 aliphatic rings. The molecule has 0 aromatic carbocycles. The van der Waals surface area contributed by atoms with Crippen molar-refractivity contribution in [2.24, 2.45) is 0 Å². The van der Waals surface area contributed by atoms with Crippen LogP contribution in [0.1, 0.15) is 64.2 Å². The van der Waals surface area contributed by atoms with Crippen LogP contribution in [0.15, 0.2) is 11.8 Å². The molecule has 0 atom stereocenters. The molecule has 0 N–H and O–H groups in total. The fourth-order valence-corrected chi connectivity index (χ4v) is 3.02. The average Bonchev–Trinajstić information content (AvgIpc) is 2.40. The molecule has 1 fully saturated rings. The third kappa shape index (κ3) is 5.01. The Labute approximate surface area is 112 Å². The molecule has 0 bridgehead atoms. The van der Waals surface area contributed by atoms with E-state index in [4.69, 9.17) is 4.74 Å². The van der Waals surface area contributed by atoms with E-state index in [0.29, 0.717) is 0 Å². The molecule has 0 amide bonds. The first-order valence-corrected chi connectivity index (χ1v) is 7.98. The first-order chi connectivity index (χ1) is 8.97. The summed E-state index contributed by atoms with van der Waals surface area (Å²) in [6.45, 7) is 4.03. The fraction of sp³-hybridized carbons (Fsp3) is 0.875. The Kier molecular flexibility index (Phi) is 6.63. The largest absolute Gasteiger partial charge is 0.378 e. The lowest BCUT2D eigenvalue weighted by Gasteiger charge is -2.31. The summed E-state index contributed by atoms with van der Waals surface area (Å²) in [6.07, 6.45) is 16.5. The third-order valence-corrected chi connectivity index (χ3v) is 4.18. The molecule has 2 rings (SSSR count). The van der Waals surface area contributed by atoms with Gasteiger partial charge in [0.05, 0.1) is 13.2 Å². The summed E-state index contributed by atoms with van der Waals surface area (Å²) in [7, 11) is 0. The van der Waals surface area contributed by atoms with Gasteiger partial charge in [-0.15, -0.1) is 0 Å². The highest BCUT2D eigenvalue weighted by molar-refractivity contribution is 5.02. The molecule has 1 heterocycles. The Hall–Kier alpha value is -0.500. The first-order valence-electron chi connectivity index (χ1n) is 7.98. The molecule has 1 aliphatic carbocycles. The van der Waals surface area contributed by atoms with E-state index in [9.17, 15) is 0 Å². The summed E-state index contributed by atoms with van der Waals surface area (Å²) in [5.41, 5.74) is 1.61. The van der Waals surface area contributed by atoms with Crippen molar-refractivity contribution >= 4 is 0 Å². The number of allylic oxidation sites excluding steroid dienone is 2. The van der Waals surface area contributed by atoms with Crippen molar-refractivity contribution in [3.05, 3.63) is 11.8 Å². The molecule has 0 unspecified atom stereocenters. The van der Waals surface area contributed by atoms with Gasteiger partial charge in [-0.2, -0.15) is 0 Å². The van der Waals surface area contributed by atoms with E-state index in [-0.39, 0.29) is 0 Å². The monoisotopic (exact) mass is 251 g/mol. The van der Waals surface area contributed by atoms with Crippen LogP contribution in [0.25, 0.3) is 0 Å².